The van der Waals surface area contributed by atoms with Gasteiger partial charge in [-0.1, -0.05) is 0 Å². The quantitative estimate of drug-likeness (QED) is 0.551. The van der Waals surface area contributed by atoms with Crippen LogP contribution in [0.5, 0.6) is 0 Å². The van der Waals surface area contributed by atoms with Gasteiger partial charge in [-0.25, -0.2) is 4.98 Å². The molecule has 2 rings (SSSR count). The summed E-state index contributed by atoms with van der Waals surface area (Å²) in [5.74, 6) is -0.448. The van der Waals surface area contributed by atoms with Crippen molar-refractivity contribution in [2.24, 2.45) is 0 Å². The van der Waals surface area contributed by atoms with E-state index in [1.807, 2.05) is 0 Å². The highest BCUT2D eigenvalue weighted by Gasteiger charge is 2.29. The van der Waals surface area contributed by atoms with Gasteiger partial charge in [0.2, 0.25) is 11.7 Å². The van der Waals surface area contributed by atoms with Crippen molar-refractivity contribution in [2.75, 3.05) is 37.7 Å². The van der Waals surface area contributed by atoms with E-state index >= 15 is 0 Å². The minimum Gasteiger partial charge on any atom is -0.395 e. The summed E-state index contributed by atoms with van der Waals surface area (Å²) in [4.78, 5) is 32.7. The predicted molar refractivity (Wildman–Crippen MR) is 64.6 cm³/mol. The number of aliphatic hydroxyl groups excluding tert-OH is 1. The molecule has 9 heteroatoms. The maximum absolute atomic E-state index is 11.8. The van der Waals surface area contributed by atoms with Crippen LogP contribution in [-0.4, -0.2) is 63.6 Å². The summed E-state index contributed by atoms with van der Waals surface area (Å²) in [5.41, 5.74) is 0. The van der Waals surface area contributed by atoms with Crippen LogP contribution in [-0.2, 0) is 4.79 Å². The third-order valence-electron chi connectivity index (χ3n) is 2.82. The molecule has 0 atom stereocenters. The van der Waals surface area contributed by atoms with Gasteiger partial charge in [0.1, 0.15) is 0 Å². The first kappa shape index (κ1) is 13.1. The zero-order chi connectivity index (χ0) is 13.8. The van der Waals surface area contributed by atoms with Crippen molar-refractivity contribution in [1.82, 2.24) is 14.9 Å². The maximum atomic E-state index is 11.8. The smallest absolute Gasteiger partial charge is 0.395 e. The third-order valence-corrected chi connectivity index (χ3v) is 2.82. The number of amides is 1. The van der Waals surface area contributed by atoms with Gasteiger partial charge in [0.05, 0.1) is 19.3 Å². The van der Waals surface area contributed by atoms with Crippen LogP contribution in [0.1, 0.15) is 0 Å². The largest absolute Gasteiger partial charge is 0.406 e. The van der Waals surface area contributed by atoms with Gasteiger partial charge in [0, 0.05) is 19.6 Å². The Bertz CT molecular complexity index is 495. The third kappa shape index (κ3) is 2.76. The number of rotatable bonds is 4. The summed E-state index contributed by atoms with van der Waals surface area (Å²) >= 11 is 0. The van der Waals surface area contributed by atoms with Crippen LogP contribution >= 0.6 is 0 Å². The Morgan fingerprint density at radius 3 is 2.74 bits per heavy atom. The van der Waals surface area contributed by atoms with Crippen molar-refractivity contribution in [3.05, 3.63) is 22.5 Å². The second kappa shape index (κ2) is 5.57. The number of aliphatic hydroxyl groups is 1. The molecule has 1 aromatic heterocycles. The van der Waals surface area contributed by atoms with Crippen molar-refractivity contribution < 1.29 is 14.8 Å². The Labute approximate surface area is 108 Å². The fourth-order valence-electron chi connectivity index (χ4n) is 1.92. The van der Waals surface area contributed by atoms with Crippen LogP contribution in [0, 0.1) is 10.1 Å². The van der Waals surface area contributed by atoms with E-state index in [9.17, 15) is 14.9 Å². The Morgan fingerprint density at radius 1 is 1.37 bits per heavy atom. The zero-order valence-corrected chi connectivity index (χ0v) is 10.1. The van der Waals surface area contributed by atoms with Gasteiger partial charge in [-0.2, -0.15) is 0 Å². The summed E-state index contributed by atoms with van der Waals surface area (Å²) in [5, 5.41) is 19.7. The molecule has 0 radical (unpaired) electrons. The Balaban J connectivity index is 2.17. The van der Waals surface area contributed by atoms with Gasteiger partial charge < -0.3 is 25.0 Å². The van der Waals surface area contributed by atoms with Gasteiger partial charge in [-0.3, -0.25) is 4.79 Å². The average molecular weight is 267 g/mol. The van der Waals surface area contributed by atoms with E-state index in [4.69, 9.17) is 5.11 Å². The molecule has 1 aromatic rings. The van der Waals surface area contributed by atoms with Crippen molar-refractivity contribution in [3.8, 4) is 0 Å². The lowest BCUT2D eigenvalue weighted by Gasteiger charge is -2.33. The van der Waals surface area contributed by atoms with Crippen LogP contribution in [0.15, 0.2) is 12.4 Å². The number of hydrogen-bond acceptors (Lipinski definition) is 7. The molecule has 1 N–H and O–H groups in total. The number of carbonyl (C=O) groups excluding carboxylic acids is 1. The molecule has 0 spiro atoms. The zero-order valence-electron chi connectivity index (χ0n) is 10.1. The first-order valence-electron chi connectivity index (χ1n) is 5.72. The van der Waals surface area contributed by atoms with Gasteiger partial charge in [-0.15, -0.1) is 0 Å². The fraction of sp³-hybridized carbons (Fsp3) is 0.500. The van der Waals surface area contributed by atoms with Crippen LogP contribution < -0.4 is 4.90 Å². The number of aromatic nitrogens is 2. The fourth-order valence-corrected chi connectivity index (χ4v) is 1.92. The second-order valence-corrected chi connectivity index (χ2v) is 3.99. The number of carbonyl (C=O) groups is 1. The highest BCUT2D eigenvalue weighted by atomic mass is 16.6. The number of β-amino-alcohol motifs (C(OH)–C–C–N with tert-alkyl or cyclic N) is 1. The maximum Gasteiger partial charge on any atom is 0.406 e. The molecule has 9 nitrogen and oxygen atoms in total. The van der Waals surface area contributed by atoms with Crippen LogP contribution in [0.2, 0.25) is 0 Å². The monoisotopic (exact) mass is 267 g/mol. The van der Waals surface area contributed by atoms with E-state index in [-0.39, 0.29) is 37.2 Å². The van der Waals surface area contributed by atoms with Crippen molar-refractivity contribution in [3.63, 3.8) is 0 Å². The first-order valence-corrected chi connectivity index (χ1v) is 5.72. The molecule has 2 heterocycles. The molecular weight excluding hydrogens is 254 g/mol. The van der Waals surface area contributed by atoms with Gasteiger partial charge >= 0.3 is 5.82 Å². The highest BCUT2D eigenvalue weighted by Crippen LogP contribution is 2.23. The molecule has 1 aliphatic rings. The molecule has 1 fully saturated rings. The topological polar surface area (TPSA) is 113 Å². The number of hydrogen-bond donors (Lipinski definition) is 1. The van der Waals surface area contributed by atoms with Gasteiger partial charge in [0.25, 0.3) is 0 Å². The molecule has 0 bridgehead atoms. The summed E-state index contributed by atoms with van der Waals surface area (Å²) in [6.07, 6.45) is 2.60. The van der Waals surface area contributed by atoms with E-state index in [2.05, 4.69) is 9.97 Å². The van der Waals surface area contributed by atoms with Gasteiger partial charge in [-0.05, 0) is 9.91 Å². The SMILES string of the molecule is O=C1CN(c2nccnc2[N+](=O)[O-])CCN1CCO. The summed E-state index contributed by atoms with van der Waals surface area (Å²) in [6, 6.07) is 0. The van der Waals surface area contributed by atoms with E-state index in [1.165, 1.54) is 22.2 Å². The predicted octanol–water partition coefficient (Wildman–Crippen LogP) is -0.974. The minimum absolute atomic E-state index is 0.000463. The van der Waals surface area contributed by atoms with E-state index < -0.39 is 4.92 Å². The number of anilines is 1. The molecule has 19 heavy (non-hydrogen) atoms. The second-order valence-electron chi connectivity index (χ2n) is 3.99. The lowest BCUT2D eigenvalue weighted by Crippen LogP contribution is -2.51. The highest BCUT2D eigenvalue weighted by molar-refractivity contribution is 5.83. The summed E-state index contributed by atoms with van der Waals surface area (Å²) in [7, 11) is 0. The summed E-state index contributed by atoms with van der Waals surface area (Å²) in [6.45, 7) is 0.990. The van der Waals surface area contributed by atoms with Gasteiger partial charge in [0.15, 0.2) is 6.20 Å². The molecule has 1 saturated heterocycles. The Hall–Kier alpha value is -2.29. The normalized spacial score (nSPS) is 15.7. The lowest BCUT2D eigenvalue weighted by molar-refractivity contribution is -0.389. The molecule has 0 saturated carbocycles. The van der Waals surface area contributed by atoms with Crippen LogP contribution in [0.25, 0.3) is 0 Å². The van der Waals surface area contributed by atoms with Crippen LogP contribution in [0.3, 0.4) is 0 Å². The molecule has 0 aromatic carbocycles. The average Bonchev–Trinajstić information content (AvgIpc) is 2.41. The van der Waals surface area contributed by atoms with E-state index in [0.717, 1.165) is 0 Å². The molecule has 0 aliphatic carbocycles. The Kier molecular flexibility index (Phi) is 3.85. The molecule has 1 amide bonds. The number of nitro groups is 1. The number of piperazine rings is 1. The molecular formula is C10H13N5O4. The van der Waals surface area contributed by atoms with E-state index in [1.54, 1.807) is 0 Å². The van der Waals surface area contributed by atoms with Crippen molar-refractivity contribution in [2.45, 2.75) is 0 Å². The number of nitrogens with zero attached hydrogens (tertiary/aromatic N) is 5. The molecule has 102 valence electrons. The van der Waals surface area contributed by atoms with Crippen LogP contribution in [0.4, 0.5) is 11.6 Å². The molecule has 1 aliphatic heterocycles. The minimum atomic E-state index is -0.618. The lowest BCUT2D eigenvalue weighted by atomic mass is 10.3. The Morgan fingerprint density at radius 2 is 2.11 bits per heavy atom. The van der Waals surface area contributed by atoms with Crippen molar-refractivity contribution >= 4 is 17.5 Å². The standard InChI is InChI=1S/C10H13N5O4/c16-6-5-13-3-4-14(7-8(13)17)9-10(15(18)19)12-2-1-11-9/h1-2,16H,3-7H2. The molecule has 0 unspecified atom stereocenters. The van der Waals surface area contributed by atoms with E-state index in [0.29, 0.717) is 13.1 Å². The summed E-state index contributed by atoms with van der Waals surface area (Å²) < 4.78 is 0. The first-order chi connectivity index (χ1) is 9.13. The van der Waals surface area contributed by atoms with Crippen molar-refractivity contribution in [1.29, 1.82) is 0 Å².